The summed E-state index contributed by atoms with van der Waals surface area (Å²) < 4.78 is 5.53. The third-order valence-corrected chi connectivity index (χ3v) is 2.42. The molecular weight excluding hydrogens is 179 g/mol. The molecule has 1 atom stereocenters. The zero-order chi connectivity index (χ0) is 9.68. The summed E-state index contributed by atoms with van der Waals surface area (Å²) in [5.74, 6) is 1.80. The summed E-state index contributed by atoms with van der Waals surface area (Å²) in [6.45, 7) is 6.53. The average Bonchev–Trinajstić information content (AvgIpc) is 2.94. The van der Waals surface area contributed by atoms with Gasteiger partial charge < -0.3 is 4.74 Å². The molecule has 0 saturated heterocycles. The molecule has 1 nitrogen and oxygen atoms in total. The van der Waals surface area contributed by atoms with Crippen molar-refractivity contribution in [2.45, 2.75) is 19.8 Å². The van der Waals surface area contributed by atoms with Crippen molar-refractivity contribution in [2.24, 2.45) is 5.92 Å². The summed E-state index contributed by atoms with van der Waals surface area (Å²) in [6.07, 6.45) is 8.44. The molecule has 0 amide bonds. The molecule has 0 bridgehead atoms. The number of hydrogen-bond donors (Lipinski definition) is 0. The van der Waals surface area contributed by atoms with Crippen molar-refractivity contribution in [1.82, 2.24) is 0 Å². The van der Waals surface area contributed by atoms with Crippen LogP contribution in [0.5, 0.6) is 0 Å². The van der Waals surface area contributed by atoms with Crippen molar-refractivity contribution >= 4 is 9.24 Å². The zero-order valence-corrected chi connectivity index (χ0v) is 9.28. The number of allylic oxidation sites excluding steroid dienone is 5. The van der Waals surface area contributed by atoms with E-state index in [9.17, 15) is 0 Å². The molecular formula is C11H17OP. The first-order valence-electron chi connectivity index (χ1n) is 4.61. The molecule has 1 aliphatic carbocycles. The topological polar surface area (TPSA) is 9.23 Å². The molecule has 0 heterocycles. The van der Waals surface area contributed by atoms with Gasteiger partial charge in [-0.05, 0) is 37.1 Å². The van der Waals surface area contributed by atoms with E-state index in [1.807, 2.05) is 19.1 Å². The van der Waals surface area contributed by atoms with Crippen LogP contribution in [0.25, 0.3) is 0 Å². The summed E-state index contributed by atoms with van der Waals surface area (Å²) in [6, 6.07) is 0. The second kappa shape index (κ2) is 5.24. The normalized spacial score (nSPS) is 18.6. The number of ether oxygens (including phenoxy) is 1. The van der Waals surface area contributed by atoms with Gasteiger partial charge in [0.25, 0.3) is 0 Å². The summed E-state index contributed by atoms with van der Waals surface area (Å²) in [5, 5.41) is 1.08. The first-order chi connectivity index (χ1) is 6.22. The van der Waals surface area contributed by atoms with Gasteiger partial charge in [-0.25, -0.2) is 0 Å². The van der Waals surface area contributed by atoms with E-state index in [0.717, 1.165) is 23.6 Å². The van der Waals surface area contributed by atoms with Crippen LogP contribution in [-0.4, -0.2) is 6.61 Å². The van der Waals surface area contributed by atoms with E-state index >= 15 is 0 Å². The van der Waals surface area contributed by atoms with Crippen LogP contribution < -0.4 is 0 Å². The van der Waals surface area contributed by atoms with E-state index in [2.05, 4.69) is 15.8 Å². The smallest absolute Gasteiger partial charge is 0.0929 e. The highest BCUT2D eigenvalue weighted by Crippen LogP contribution is 2.29. The first kappa shape index (κ1) is 10.5. The maximum Gasteiger partial charge on any atom is 0.0929 e. The Kier molecular flexibility index (Phi) is 4.24. The molecule has 0 N–H and O–H groups in total. The van der Waals surface area contributed by atoms with Crippen LogP contribution >= 0.6 is 9.24 Å². The largest absolute Gasteiger partial charge is 0.498 e. The van der Waals surface area contributed by atoms with Gasteiger partial charge in [-0.3, -0.25) is 0 Å². The van der Waals surface area contributed by atoms with Gasteiger partial charge in [-0.1, -0.05) is 18.7 Å². The highest BCUT2D eigenvalue weighted by Gasteiger charge is 2.21. The lowest BCUT2D eigenvalue weighted by molar-refractivity contribution is 0.201. The van der Waals surface area contributed by atoms with Gasteiger partial charge >= 0.3 is 0 Å². The molecule has 1 rings (SSSR count). The summed E-state index contributed by atoms with van der Waals surface area (Å²) >= 11 is 0. The molecule has 0 spiro atoms. The molecule has 72 valence electrons. The molecule has 0 aromatic carbocycles. The molecule has 13 heavy (non-hydrogen) atoms. The standard InChI is InChI=1S/C11H17OP/c1-3-11(13)7-4-9(2)12-8-10-5-6-10/h3-4,7,10H,1,5-6,8,13H2,2H3/b9-4+,11-7+. The van der Waals surface area contributed by atoms with Crippen molar-refractivity contribution in [2.75, 3.05) is 6.61 Å². The van der Waals surface area contributed by atoms with Crippen LogP contribution in [0, 0.1) is 5.92 Å². The van der Waals surface area contributed by atoms with Crippen LogP contribution in [0.4, 0.5) is 0 Å². The van der Waals surface area contributed by atoms with Crippen LogP contribution in [0.1, 0.15) is 19.8 Å². The Morgan fingerprint density at radius 3 is 2.77 bits per heavy atom. The third-order valence-electron chi connectivity index (χ3n) is 1.99. The van der Waals surface area contributed by atoms with Gasteiger partial charge in [-0.15, -0.1) is 9.24 Å². The lowest BCUT2D eigenvalue weighted by atomic mass is 10.4. The Morgan fingerprint density at radius 1 is 1.54 bits per heavy atom. The molecule has 0 radical (unpaired) electrons. The van der Waals surface area contributed by atoms with Gasteiger partial charge in [0.15, 0.2) is 0 Å². The predicted molar refractivity (Wildman–Crippen MR) is 60.4 cm³/mol. The predicted octanol–water partition coefficient (Wildman–Crippen LogP) is 3.26. The molecule has 2 heteroatoms. The van der Waals surface area contributed by atoms with Gasteiger partial charge in [0, 0.05) is 0 Å². The van der Waals surface area contributed by atoms with Crippen molar-refractivity contribution in [3.05, 3.63) is 35.9 Å². The van der Waals surface area contributed by atoms with E-state index in [1.54, 1.807) is 6.08 Å². The van der Waals surface area contributed by atoms with Gasteiger partial charge in [0.2, 0.25) is 0 Å². The van der Waals surface area contributed by atoms with Crippen LogP contribution in [0.15, 0.2) is 35.9 Å². The Hall–Kier alpha value is -0.550. The molecule has 0 aromatic rings. The average molecular weight is 196 g/mol. The first-order valence-corrected chi connectivity index (χ1v) is 5.19. The number of hydrogen-bond acceptors (Lipinski definition) is 1. The second-order valence-corrected chi connectivity index (χ2v) is 4.07. The Bertz CT molecular complexity index is 236. The maximum atomic E-state index is 5.53. The van der Waals surface area contributed by atoms with Gasteiger partial charge in [0.05, 0.1) is 12.4 Å². The fraction of sp³-hybridized carbons (Fsp3) is 0.455. The lowest BCUT2D eigenvalue weighted by Crippen LogP contribution is -1.93. The number of rotatable bonds is 5. The lowest BCUT2D eigenvalue weighted by Gasteiger charge is -2.03. The van der Waals surface area contributed by atoms with E-state index < -0.39 is 0 Å². The van der Waals surface area contributed by atoms with E-state index in [0.29, 0.717) is 0 Å². The molecule has 0 aliphatic heterocycles. The van der Waals surface area contributed by atoms with Crippen LogP contribution in [0.3, 0.4) is 0 Å². The minimum absolute atomic E-state index is 0.821. The second-order valence-electron chi connectivity index (χ2n) is 3.40. The minimum atomic E-state index is 0.821. The van der Waals surface area contributed by atoms with E-state index in [4.69, 9.17) is 4.74 Å². The SMILES string of the molecule is C=C/C(P)=C\C=C(/C)OCC1CC1. The molecule has 1 aliphatic rings. The molecule has 1 saturated carbocycles. The van der Waals surface area contributed by atoms with Gasteiger partial charge in [-0.2, -0.15) is 0 Å². The Balaban J connectivity index is 2.26. The maximum absolute atomic E-state index is 5.53. The monoisotopic (exact) mass is 196 g/mol. The fourth-order valence-electron chi connectivity index (χ4n) is 0.864. The third kappa shape index (κ3) is 4.90. The van der Waals surface area contributed by atoms with E-state index in [-0.39, 0.29) is 0 Å². The van der Waals surface area contributed by atoms with Crippen molar-refractivity contribution in [1.29, 1.82) is 0 Å². The van der Waals surface area contributed by atoms with Crippen molar-refractivity contribution < 1.29 is 4.74 Å². The van der Waals surface area contributed by atoms with Crippen LogP contribution in [0.2, 0.25) is 0 Å². The quantitative estimate of drug-likeness (QED) is 0.372. The molecule has 0 aromatic heterocycles. The highest BCUT2D eigenvalue weighted by molar-refractivity contribution is 7.22. The Labute approximate surface area is 82.8 Å². The van der Waals surface area contributed by atoms with E-state index in [1.165, 1.54) is 12.8 Å². The van der Waals surface area contributed by atoms with Crippen molar-refractivity contribution in [3.8, 4) is 0 Å². The summed E-state index contributed by atoms with van der Waals surface area (Å²) in [4.78, 5) is 0. The highest BCUT2D eigenvalue weighted by atomic mass is 31.0. The molecule has 1 unspecified atom stereocenters. The zero-order valence-electron chi connectivity index (χ0n) is 8.12. The van der Waals surface area contributed by atoms with Gasteiger partial charge in [0.1, 0.15) is 0 Å². The van der Waals surface area contributed by atoms with Crippen LogP contribution in [-0.2, 0) is 4.74 Å². The summed E-state index contributed by atoms with van der Waals surface area (Å²) in [5.41, 5.74) is 0. The molecule has 1 fully saturated rings. The fourth-order valence-corrected chi connectivity index (χ4v) is 0.960. The van der Waals surface area contributed by atoms with Crippen molar-refractivity contribution in [3.63, 3.8) is 0 Å². The minimum Gasteiger partial charge on any atom is -0.498 e. The Morgan fingerprint density at radius 2 is 2.23 bits per heavy atom. The summed E-state index contributed by atoms with van der Waals surface area (Å²) in [7, 11) is 2.61.